The van der Waals surface area contributed by atoms with E-state index in [9.17, 15) is 22.8 Å². The SMILES string of the molecule is CCN(CCCCC(C(=O)NCC(F)(F)F)(c1ccccc1)c1ccccc1)CCCNC(=O)c1ccc(C)c(C)c1. The van der Waals surface area contributed by atoms with E-state index in [0.29, 0.717) is 36.1 Å². The van der Waals surface area contributed by atoms with E-state index in [1.807, 2.05) is 92.7 Å². The molecule has 0 spiro atoms. The Morgan fingerprint density at radius 1 is 0.762 bits per heavy atom. The molecular weight excluding hydrogens is 539 g/mol. The van der Waals surface area contributed by atoms with Crippen LogP contribution in [0.4, 0.5) is 13.2 Å². The van der Waals surface area contributed by atoms with Gasteiger partial charge in [-0.1, -0.05) is 80.1 Å². The molecule has 0 unspecified atom stereocenters. The Morgan fingerprint density at radius 2 is 1.36 bits per heavy atom. The molecule has 42 heavy (non-hydrogen) atoms. The van der Waals surface area contributed by atoms with Crippen LogP contribution in [0.25, 0.3) is 0 Å². The van der Waals surface area contributed by atoms with Crippen molar-refractivity contribution in [2.45, 2.75) is 58.0 Å². The minimum Gasteiger partial charge on any atom is -0.352 e. The van der Waals surface area contributed by atoms with E-state index in [1.54, 1.807) is 0 Å². The average molecular weight is 582 g/mol. The van der Waals surface area contributed by atoms with E-state index in [-0.39, 0.29) is 5.91 Å². The second-order valence-corrected chi connectivity index (χ2v) is 10.7. The number of aryl methyl sites for hydroxylation is 2. The molecule has 0 aliphatic rings. The van der Waals surface area contributed by atoms with Gasteiger partial charge in [0.1, 0.15) is 6.54 Å². The lowest BCUT2D eigenvalue weighted by molar-refractivity contribution is -0.141. The molecule has 0 aromatic heterocycles. The smallest absolute Gasteiger partial charge is 0.352 e. The lowest BCUT2D eigenvalue weighted by Gasteiger charge is -2.34. The molecule has 5 nitrogen and oxygen atoms in total. The Kier molecular flexibility index (Phi) is 12.2. The number of hydrogen-bond acceptors (Lipinski definition) is 3. The first kappa shape index (κ1) is 32.9. The van der Waals surface area contributed by atoms with E-state index in [1.165, 1.54) is 0 Å². The maximum atomic E-state index is 13.6. The number of nitrogens with one attached hydrogen (secondary N) is 2. The van der Waals surface area contributed by atoms with Crippen LogP contribution in [0, 0.1) is 13.8 Å². The lowest BCUT2D eigenvalue weighted by Crippen LogP contribution is -2.48. The number of amides is 2. The number of nitrogens with zero attached hydrogens (tertiary/aromatic N) is 1. The van der Waals surface area contributed by atoms with E-state index in [2.05, 4.69) is 22.5 Å². The minimum absolute atomic E-state index is 0.0805. The molecule has 0 bridgehead atoms. The van der Waals surface area contributed by atoms with Gasteiger partial charge in [-0.05, 0) is 87.1 Å². The third kappa shape index (κ3) is 9.18. The fourth-order valence-electron chi connectivity index (χ4n) is 5.25. The molecule has 0 saturated heterocycles. The van der Waals surface area contributed by atoms with Crippen LogP contribution < -0.4 is 10.6 Å². The first-order valence-corrected chi connectivity index (χ1v) is 14.6. The summed E-state index contributed by atoms with van der Waals surface area (Å²) in [6.07, 6.45) is -1.93. The molecule has 3 aromatic carbocycles. The number of hydrogen-bond donors (Lipinski definition) is 2. The molecule has 0 atom stereocenters. The number of alkyl halides is 3. The second-order valence-electron chi connectivity index (χ2n) is 10.7. The van der Waals surface area contributed by atoms with Crippen LogP contribution in [0.2, 0.25) is 0 Å². The molecule has 0 fully saturated rings. The molecule has 0 aliphatic heterocycles. The maximum Gasteiger partial charge on any atom is 0.405 e. The Balaban J connectivity index is 1.61. The maximum absolute atomic E-state index is 13.6. The summed E-state index contributed by atoms with van der Waals surface area (Å²) < 4.78 is 39.3. The molecule has 0 saturated carbocycles. The zero-order valence-corrected chi connectivity index (χ0v) is 24.8. The molecule has 2 N–H and O–H groups in total. The number of carbonyl (C=O) groups is 2. The Morgan fingerprint density at radius 3 is 1.90 bits per heavy atom. The van der Waals surface area contributed by atoms with Gasteiger partial charge in [-0.15, -0.1) is 0 Å². The number of unbranched alkanes of at least 4 members (excludes halogenated alkanes) is 1. The quantitative estimate of drug-likeness (QED) is 0.199. The van der Waals surface area contributed by atoms with Crippen molar-refractivity contribution in [3.05, 3.63) is 107 Å². The second kappa shape index (κ2) is 15.5. The summed E-state index contributed by atoms with van der Waals surface area (Å²) in [6.45, 7) is 7.69. The highest BCUT2D eigenvalue weighted by Crippen LogP contribution is 2.38. The summed E-state index contributed by atoms with van der Waals surface area (Å²) in [5, 5.41) is 5.17. The predicted molar refractivity (Wildman–Crippen MR) is 162 cm³/mol. The van der Waals surface area contributed by atoms with Crippen molar-refractivity contribution in [3.8, 4) is 0 Å². The Labute approximate surface area is 247 Å². The summed E-state index contributed by atoms with van der Waals surface area (Å²) in [5.74, 6) is -0.729. The topological polar surface area (TPSA) is 61.4 Å². The standard InChI is InChI=1S/C34H42F3N3O2/c1-4-40(23-13-21-38-31(41)28-19-18-26(2)27(3)24-28)22-12-11-20-33(29-14-7-5-8-15-29,30-16-9-6-10-17-30)32(42)39-25-34(35,36)37/h5-10,14-19,24H,4,11-13,20-23,25H2,1-3H3,(H,38,41)(H,39,42). The molecule has 226 valence electrons. The predicted octanol–water partition coefficient (Wildman–Crippen LogP) is 6.58. The van der Waals surface area contributed by atoms with Crippen molar-refractivity contribution in [2.75, 3.05) is 32.7 Å². The molecule has 0 radical (unpaired) electrons. The van der Waals surface area contributed by atoms with E-state index in [0.717, 1.165) is 43.6 Å². The van der Waals surface area contributed by atoms with Crippen molar-refractivity contribution in [2.24, 2.45) is 0 Å². The van der Waals surface area contributed by atoms with Gasteiger partial charge in [0.05, 0.1) is 5.41 Å². The van der Waals surface area contributed by atoms with Gasteiger partial charge in [0.15, 0.2) is 0 Å². The van der Waals surface area contributed by atoms with E-state index < -0.39 is 24.0 Å². The molecule has 0 heterocycles. The van der Waals surface area contributed by atoms with Crippen LogP contribution in [-0.4, -0.2) is 55.6 Å². The summed E-state index contributed by atoms with van der Waals surface area (Å²) >= 11 is 0. The highest BCUT2D eigenvalue weighted by Gasteiger charge is 2.42. The number of benzene rings is 3. The normalized spacial score (nSPS) is 11.9. The van der Waals surface area contributed by atoms with Crippen molar-refractivity contribution in [1.29, 1.82) is 0 Å². The van der Waals surface area contributed by atoms with Crippen LogP contribution in [0.15, 0.2) is 78.9 Å². The van der Waals surface area contributed by atoms with Gasteiger partial charge in [-0.25, -0.2) is 0 Å². The highest BCUT2D eigenvalue weighted by molar-refractivity contribution is 5.94. The molecule has 3 rings (SSSR count). The van der Waals surface area contributed by atoms with Gasteiger partial charge in [0.25, 0.3) is 5.91 Å². The molecular formula is C34H42F3N3O2. The van der Waals surface area contributed by atoms with Gasteiger partial charge in [-0.3, -0.25) is 9.59 Å². The van der Waals surface area contributed by atoms with E-state index >= 15 is 0 Å². The summed E-state index contributed by atoms with van der Waals surface area (Å²) in [6, 6.07) is 23.8. The van der Waals surface area contributed by atoms with Gasteiger partial charge in [-0.2, -0.15) is 13.2 Å². The third-order valence-electron chi connectivity index (χ3n) is 7.80. The first-order valence-electron chi connectivity index (χ1n) is 14.6. The summed E-state index contributed by atoms with van der Waals surface area (Å²) in [4.78, 5) is 28.4. The molecule has 3 aromatic rings. The average Bonchev–Trinajstić information content (AvgIpc) is 2.99. The first-order chi connectivity index (χ1) is 20.1. The van der Waals surface area contributed by atoms with Crippen molar-refractivity contribution in [1.82, 2.24) is 15.5 Å². The van der Waals surface area contributed by atoms with Crippen LogP contribution in [0.3, 0.4) is 0 Å². The number of rotatable bonds is 15. The Hall–Kier alpha value is -3.65. The highest BCUT2D eigenvalue weighted by atomic mass is 19.4. The fraction of sp³-hybridized carbons (Fsp3) is 0.412. The van der Waals surface area contributed by atoms with E-state index in [4.69, 9.17) is 0 Å². The molecule has 2 amide bonds. The lowest BCUT2D eigenvalue weighted by atomic mass is 9.70. The van der Waals surface area contributed by atoms with Gasteiger partial charge >= 0.3 is 6.18 Å². The largest absolute Gasteiger partial charge is 0.405 e. The van der Waals surface area contributed by atoms with Crippen LogP contribution in [0.1, 0.15) is 65.2 Å². The number of halogens is 3. The van der Waals surface area contributed by atoms with Crippen LogP contribution in [0.5, 0.6) is 0 Å². The fourth-order valence-corrected chi connectivity index (χ4v) is 5.25. The zero-order valence-electron chi connectivity index (χ0n) is 24.8. The van der Waals surface area contributed by atoms with Crippen LogP contribution in [-0.2, 0) is 10.2 Å². The molecule has 8 heteroatoms. The van der Waals surface area contributed by atoms with Gasteiger partial charge in [0, 0.05) is 12.1 Å². The summed E-state index contributed by atoms with van der Waals surface area (Å²) in [5.41, 5.74) is 2.98. The minimum atomic E-state index is -4.51. The van der Waals surface area contributed by atoms with Crippen molar-refractivity contribution < 1.29 is 22.8 Å². The third-order valence-corrected chi connectivity index (χ3v) is 7.80. The molecule has 0 aliphatic carbocycles. The summed E-state index contributed by atoms with van der Waals surface area (Å²) in [7, 11) is 0. The van der Waals surface area contributed by atoms with Gasteiger partial charge < -0.3 is 15.5 Å². The Bertz CT molecular complexity index is 1240. The zero-order chi connectivity index (χ0) is 30.6. The van der Waals surface area contributed by atoms with Crippen molar-refractivity contribution >= 4 is 11.8 Å². The van der Waals surface area contributed by atoms with Crippen LogP contribution >= 0.6 is 0 Å². The van der Waals surface area contributed by atoms with Gasteiger partial charge in [0.2, 0.25) is 5.91 Å². The van der Waals surface area contributed by atoms with Crippen molar-refractivity contribution in [3.63, 3.8) is 0 Å². The monoisotopic (exact) mass is 581 g/mol. The number of carbonyl (C=O) groups excluding carboxylic acids is 2.